The summed E-state index contributed by atoms with van der Waals surface area (Å²) in [5.74, 6) is 0.989. The lowest BCUT2D eigenvalue weighted by atomic mass is 10.0. The first-order valence-corrected chi connectivity index (χ1v) is 8.05. The molecule has 1 aromatic rings. The van der Waals surface area contributed by atoms with Crippen LogP contribution in [-0.2, 0) is 0 Å². The van der Waals surface area contributed by atoms with Crippen LogP contribution in [0.2, 0.25) is 5.02 Å². The van der Waals surface area contributed by atoms with E-state index in [1.165, 1.54) is 0 Å². The first-order chi connectivity index (χ1) is 10.6. The Kier molecular flexibility index (Phi) is 6.34. The van der Waals surface area contributed by atoms with E-state index in [0.717, 1.165) is 24.2 Å². The molecular weight excluding hydrogens is 304 g/mol. The van der Waals surface area contributed by atoms with Gasteiger partial charge in [-0.2, -0.15) is 0 Å². The monoisotopic (exact) mass is 326 g/mol. The second-order valence-corrected chi connectivity index (χ2v) is 6.13. The second-order valence-electron chi connectivity index (χ2n) is 5.70. The van der Waals surface area contributed by atoms with Gasteiger partial charge >= 0.3 is 6.03 Å². The quantitative estimate of drug-likeness (QED) is 0.779. The van der Waals surface area contributed by atoms with Crippen LogP contribution >= 0.6 is 11.6 Å². The number of fused-ring (bicyclic) bond motifs is 1. The van der Waals surface area contributed by atoms with Crippen molar-refractivity contribution >= 4 is 17.6 Å². The van der Waals surface area contributed by atoms with Crippen LogP contribution in [0.1, 0.15) is 37.8 Å². The first kappa shape index (κ1) is 16.9. The highest BCUT2D eigenvalue weighted by Crippen LogP contribution is 2.33. The number of urea groups is 1. The maximum Gasteiger partial charge on any atom is 0.315 e. The second kappa shape index (κ2) is 8.25. The molecule has 0 spiro atoms. The molecule has 0 aliphatic carbocycles. The van der Waals surface area contributed by atoms with Crippen LogP contribution in [0.25, 0.3) is 0 Å². The van der Waals surface area contributed by atoms with Crippen molar-refractivity contribution in [1.29, 1.82) is 0 Å². The number of ether oxygens (including phenoxy) is 1. The number of carbonyl (C=O) groups is 1. The van der Waals surface area contributed by atoms with E-state index >= 15 is 0 Å². The Hall–Kier alpha value is -1.46. The summed E-state index contributed by atoms with van der Waals surface area (Å²) in [5.41, 5.74) is 0.959. The van der Waals surface area contributed by atoms with Crippen LogP contribution in [-0.4, -0.2) is 30.9 Å². The van der Waals surface area contributed by atoms with Gasteiger partial charge < -0.3 is 20.5 Å². The Balaban J connectivity index is 1.96. The maximum absolute atomic E-state index is 12.1. The van der Waals surface area contributed by atoms with Crippen LogP contribution in [0, 0.1) is 5.92 Å². The zero-order valence-electron chi connectivity index (χ0n) is 12.8. The Bertz CT molecular complexity index is 510. The van der Waals surface area contributed by atoms with Crippen LogP contribution in [0.3, 0.4) is 0 Å². The number of aliphatic hydroxyl groups excluding tert-OH is 1. The molecule has 0 aromatic heterocycles. The van der Waals surface area contributed by atoms with Crippen molar-refractivity contribution in [1.82, 2.24) is 10.6 Å². The van der Waals surface area contributed by atoms with E-state index in [-0.39, 0.29) is 24.6 Å². The van der Waals surface area contributed by atoms with Gasteiger partial charge in [0, 0.05) is 23.7 Å². The van der Waals surface area contributed by atoms with Crippen molar-refractivity contribution in [3.05, 3.63) is 28.8 Å². The van der Waals surface area contributed by atoms with Crippen molar-refractivity contribution in [2.24, 2.45) is 5.92 Å². The molecule has 1 aromatic carbocycles. The lowest BCUT2D eigenvalue weighted by molar-refractivity contribution is 0.230. The molecule has 1 aliphatic rings. The molecule has 2 amide bonds. The number of aliphatic hydroxyl groups is 1. The summed E-state index contributed by atoms with van der Waals surface area (Å²) >= 11 is 6.00. The van der Waals surface area contributed by atoms with Crippen molar-refractivity contribution in [3.63, 3.8) is 0 Å². The minimum Gasteiger partial charge on any atom is -0.493 e. The highest BCUT2D eigenvalue weighted by Gasteiger charge is 2.21. The first-order valence-electron chi connectivity index (χ1n) is 7.67. The molecule has 5 nitrogen and oxygen atoms in total. The molecule has 2 rings (SSSR count). The molecule has 0 fully saturated rings. The average molecular weight is 327 g/mol. The van der Waals surface area contributed by atoms with E-state index in [0.29, 0.717) is 24.6 Å². The summed E-state index contributed by atoms with van der Waals surface area (Å²) in [6.07, 6.45) is 2.38. The number of halogens is 1. The third-order valence-corrected chi connectivity index (χ3v) is 4.02. The number of amides is 2. The van der Waals surface area contributed by atoms with Crippen molar-refractivity contribution in [3.8, 4) is 5.75 Å². The maximum atomic E-state index is 12.1. The van der Waals surface area contributed by atoms with Gasteiger partial charge in [-0.05, 0) is 37.3 Å². The minimum atomic E-state index is -0.197. The largest absolute Gasteiger partial charge is 0.493 e. The molecule has 2 atom stereocenters. The molecule has 0 saturated carbocycles. The van der Waals surface area contributed by atoms with Gasteiger partial charge in [0.25, 0.3) is 0 Å². The van der Waals surface area contributed by atoms with E-state index in [9.17, 15) is 4.79 Å². The summed E-state index contributed by atoms with van der Waals surface area (Å²) in [5, 5.41) is 15.3. The van der Waals surface area contributed by atoms with Crippen molar-refractivity contribution in [2.45, 2.75) is 32.2 Å². The van der Waals surface area contributed by atoms with E-state index in [1.54, 1.807) is 6.07 Å². The fourth-order valence-corrected chi connectivity index (χ4v) is 2.66. The van der Waals surface area contributed by atoms with Crippen LogP contribution < -0.4 is 15.4 Å². The average Bonchev–Trinajstić information content (AvgIpc) is 2.67. The molecule has 122 valence electrons. The smallest absolute Gasteiger partial charge is 0.315 e. The number of carbonyl (C=O) groups excluding carboxylic acids is 1. The number of hydrogen-bond donors (Lipinski definition) is 3. The van der Waals surface area contributed by atoms with Gasteiger partial charge in [0.2, 0.25) is 0 Å². The molecule has 6 heteroatoms. The molecule has 1 aliphatic heterocycles. The molecule has 0 saturated heterocycles. The van der Waals surface area contributed by atoms with Gasteiger partial charge in [-0.3, -0.25) is 0 Å². The predicted octanol–water partition coefficient (Wildman–Crippen LogP) is 2.87. The van der Waals surface area contributed by atoms with Gasteiger partial charge in [0.05, 0.1) is 12.6 Å². The Morgan fingerprint density at radius 1 is 1.55 bits per heavy atom. The summed E-state index contributed by atoms with van der Waals surface area (Å²) in [4.78, 5) is 12.1. The lowest BCUT2D eigenvalue weighted by Crippen LogP contribution is -2.39. The van der Waals surface area contributed by atoms with Crippen molar-refractivity contribution < 1.29 is 14.6 Å². The van der Waals surface area contributed by atoms with Gasteiger partial charge in [-0.25, -0.2) is 4.79 Å². The zero-order valence-corrected chi connectivity index (χ0v) is 13.5. The summed E-state index contributed by atoms with van der Waals surface area (Å²) in [6, 6.07) is 5.23. The standard InChI is InChI=1S/C16H23ClN2O3/c1-11(6-7-20)10-18-16(21)19-14-3-2-8-22-15-9-12(17)4-5-13(14)15/h4-5,9,11,14,20H,2-3,6-8,10H2,1H3,(H2,18,19,21). The van der Waals surface area contributed by atoms with Gasteiger partial charge in [-0.1, -0.05) is 24.6 Å². The van der Waals surface area contributed by atoms with E-state index in [2.05, 4.69) is 10.6 Å². The van der Waals surface area contributed by atoms with Crippen molar-refractivity contribution in [2.75, 3.05) is 19.8 Å². The highest BCUT2D eigenvalue weighted by molar-refractivity contribution is 6.30. The number of rotatable bonds is 5. The number of nitrogens with one attached hydrogen (secondary N) is 2. The molecule has 2 unspecified atom stereocenters. The Labute approximate surface area is 136 Å². The molecular formula is C16H23ClN2O3. The van der Waals surface area contributed by atoms with Gasteiger partial charge in [0.15, 0.2) is 0 Å². The number of hydrogen-bond acceptors (Lipinski definition) is 3. The Morgan fingerprint density at radius 3 is 3.14 bits per heavy atom. The van der Waals surface area contributed by atoms with E-state index in [1.807, 2.05) is 19.1 Å². The normalized spacial score (nSPS) is 18.6. The molecule has 22 heavy (non-hydrogen) atoms. The SMILES string of the molecule is CC(CCO)CNC(=O)NC1CCCOc2cc(Cl)ccc21. The fourth-order valence-electron chi connectivity index (χ4n) is 2.49. The molecule has 3 N–H and O–H groups in total. The minimum absolute atomic E-state index is 0.0806. The predicted molar refractivity (Wildman–Crippen MR) is 86.3 cm³/mol. The van der Waals surface area contributed by atoms with Crippen LogP contribution in [0.5, 0.6) is 5.75 Å². The Morgan fingerprint density at radius 2 is 2.36 bits per heavy atom. The third kappa shape index (κ3) is 4.78. The van der Waals surface area contributed by atoms with Crippen LogP contribution in [0.15, 0.2) is 18.2 Å². The number of benzene rings is 1. The molecule has 0 radical (unpaired) electrons. The van der Waals surface area contributed by atoms with E-state index in [4.69, 9.17) is 21.4 Å². The lowest BCUT2D eigenvalue weighted by Gasteiger charge is -2.20. The van der Waals surface area contributed by atoms with Gasteiger partial charge in [-0.15, -0.1) is 0 Å². The van der Waals surface area contributed by atoms with Gasteiger partial charge in [0.1, 0.15) is 5.75 Å². The highest BCUT2D eigenvalue weighted by atomic mass is 35.5. The van der Waals surface area contributed by atoms with E-state index < -0.39 is 0 Å². The summed E-state index contributed by atoms with van der Waals surface area (Å²) < 4.78 is 5.69. The molecule has 0 bridgehead atoms. The topological polar surface area (TPSA) is 70.6 Å². The molecule has 1 heterocycles. The fraction of sp³-hybridized carbons (Fsp3) is 0.562. The zero-order chi connectivity index (χ0) is 15.9. The third-order valence-electron chi connectivity index (χ3n) is 3.78. The van der Waals surface area contributed by atoms with Crippen LogP contribution in [0.4, 0.5) is 4.79 Å². The summed E-state index contributed by atoms with van der Waals surface area (Å²) in [6.45, 7) is 3.30. The summed E-state index contributed by atoms with van der Waals surface area (Å²) in [7, 11) is 0.